The number of halogens is 3. The summed E-state index contributed by atoms with van der Waals surface area (Å²) in [7, 11) is -4.10. The van der Waals surface area contributed by atoms with Crippen molar-refractivity contribution in [3.05, 3.63) is 38.8 Å². The zero-order valence-corrected chi connectivity index (χ0v) is 22.7. The molecule has 2 fully saturated rings. The standard InChI is InChI=1S/C22H25Cl3N4O4S2/c23-15-11-17(25)19(12-16(15)24)35(32,33)28-7-8-29(20(30)13-28)18(10-14-4-2-1-3-5-14)21(31)27-22-26-6-9-34-22/h6,9,11-12,14,18H,1-5,7-8,10,13H2,(H,26,27,31)/t18-/m0/s1. The zero-order valence-electron chi connectivity index (χ0n) is 18.8. The van der Waals surface area contributed by atoms with E-state index >= 15 is 0 Å². The lowest BCUT2D eigenvalue weighted by Crippen LogP contribution is -2.58. The minimum atomic E-state index is -4.10. The minimum absolute atomic E-state index is 0.0242. The molecule has 1 aliphatic carbocycles. The molecule has 4 rings (SSSR count). The molecule has 1 aromatic carbocycles. The van der Waals surface area contributed by atoms with Crippen molar-refractivity contribution in [3.63, 3.8) is 0 Å². The molecule has 1 atom stereocenters. The molecule has 1 aromatic heterocycles. The number of hydrogen-bond donors (Lipinski definition) is 1. The molecule has 0 radical (unpaired) electrons. The smallest absolute Gasteiger partial charge is 0.248 e. The number of aromatic nitrogens is 1. The number of hydrogen-bond acceptors (Lipinski definition) is 6. The van der Waals surface area contributed by atoms with Gasteiger partial charge in [-0.1, -0.05) is 66.9 Å². The average Bonchev–Trinajstić information content (AvgIpc) is 3.33. The lowest BCUT2D eigenvalue weighted by molar-refractivity contribution is -0.142. The molecule has 2 aliphatic rings. The second kappa shape index (κ2) is 11.3. The Hall–Kier alpha value is -1.43. The highest BCUT2D eigenvalue weighted by atomic mass is 35.5. The van der Waals surface area contributed by atoms with Crippen LogP contribution in [0.1, 0.15) is 38.5 Å². The molecule has 8 nitrogen and oxygen atoms in total. The van der Waals surface area contributed by atoms with Crippen LogP contribution >= 0.6 is 46.1 Å². The molecule has 13 heteroatoms. The molecule has 2 amide bonds. The van der Waals surface area contributed by atoms with Crippen molar-refractivity contribution in [3.8, 4) is 0 Å². The van der Waals surface area contributed by atoms with Gasteiger partial charge in [-0.15, -0.1) is 11.3 Å². The summed E-state index contributed by atoms with van der Waals surface area (Å²) in [5.74, 6) is -0.408. The Kier molecular flexibility index (Phi) is 8.61. The fraction of sp³-hybridized carbons (Fsp3) is 0.500. The molecule has 0 unspecified atom stereocenters. The number of amides is 2. The van der Waals surface area contributed by atoms with E-state index in [0.29, 0.717) is 17.5 Å². The van der Waals surface area contributed by atoms with Crippen molar-refractivity contribution in [2.45, 2.75) is 49.5 Å². The van der Waals surface area contributed by atoms with Crippen LogP contribution < -0.4 is 5.32 Å². The highest BCUT2D eigenvalue weighted by Crippen LogP contribution is 2.34. The first-order valence-corrected chi connectivity index (χ1v) is 14.8. The van der Waals surface area contributed by atoms with Gasteiger partial charge in [0, 0.05) is 24.7 Å². The van der Waals surface area contributed by atoms with Gasteiger partial charge in [-0.2, -0.15) is 4.31 Å². The van der Waals surface area contributed by atoms with Gasteiger partial charge >= 0.3 is 0 Å². The van der Waals surface area contributed by atoms with E-state index < -0.39 is 28.5 Å². The molecule has 35 heavy (non-hydrogen) atoms. The molecule has 190 valence electrons. The van der Waals surface area contributed by atoms with Crippen molar-refractivity contribution in [1.29, 1.82) is 0 Å². The summed E-state index contributed by atoms with van der Waals surface area (Å²) in [6.07, 6.45) is 7.55. The molecular weight excluding hydrogens is 555 g/mol. The van der Waals surface area contributed by atoms with Gasteiger partial charge in [0.25, 0.3) is 0 Å². The Morgan fingerprint density at radius 3 is 2.49 bits per heavy atom. The van der Waals surface area contributed by atoms with E-state index in [-0.39, 0.29) is 39.0 Å². The number of nitrogens with zero attached hydrogens (tertiary/aromatic N) is 3. The van der Waals surface area contributed by atoms with Crippen LogP contribution in [0.4, 0.5) is 5.13 Å². The zero-order chi connectivity index (χ0) is 25.2. The molecule has 1 saturated heterocycles. The highest BCUT2D eigenvalue weighted by Gasteiger charge is 2.40. The number of rotatable bonds is 7. The molecule has 1 saturated carbocycles. The molecule has 2 heterocycles. The number of carbonyl (C=O) groups excluding carboxylic acids is 2. The highest BCUT2D eigenvalue weighted by molar-refractivity contribution is 7.89. The number of piperazine rings is 1. The van der Waals surface area contributed by atoms with E-state index in [1.54, 1.807) is 11.6 Å². The van der Waals surface area contributed by atoms with Gasteiger partial charge in [0.2, 0.25) is 21.8 Å². The van der Waals surface area contributed by atoms with Gasteiger partial charge in [0.05, 0.1) is 21.6 Å². The van der Waals surface area contributed by atoms with Gasteiger partial charge in [-0.05, 0) is 24.5 Å². The third-order valence-corrected chi connectivity index (χ3v) is 10.2. The lowest BCUT2D eigenvalue weighted by Gasteiger charge is -2.39. The van der Waals surface area contributed by atoms with Crippen molar-refractivity contribution < 1.29 is 18.0 Å². The first-order valence-electron chi connectivity index (χ1n) is 11.3. The third-order valence-electron chi connectivity index (χ3n) is 6.44. The van der Waals surface area contributed by atoms with Crippen molar-refractivity contribution in [2.24, 2.45) is 5.92 Å². The summed E-state index contributed by atoms with van der Waals surface area (Å²) in [4.78, 5) is 31.9. The molecular formula is C22H25Cl3N4O4S2. The van der Waals surface area contributed by atoms with E-state index in [2.05, 4.69) is 10.3 Å². The quantitative estimate of drug-likeness (QED) is 0.470. The number of anilines is 1. The molecule has 0 spiro atoms. The predicted octanol–water partition coefficient (Wildman–Crippen LogP) is 4.91. The van der Waals surface area contributed by atoms with E-state index in [1.807, 2.05) is 0 Å². The molecule has 2 aromatic rings. The largest absolute Gasteiger partial charge is 0.328 e. The second-order valence-electron chi connectivity index (χ2n) is 8.70. The van der Waals surface area contributed by atoms with Crippen LogP contribution in [0.25, 0.3) is 0 Å². The number of carbonyl (C=O) groups is 2. The Bertz CT molecular complexity index is 1190. The lowest BCUT2D eigenvalue weighted by atomic mass is 9.84. The van der Waals surface area contributed by atoms with Crippen molar-refractivity contribution in [1.82, 2.24) is 14.2 Å². The van der Waals surface area contributed by atoms with Crippen LogP contribution in [0.5, 0.6) is 0 Å². The first-order chi connectivity index (χ1) is 16.7. The van der Waals surface area contributed by atoms with E-state index in [1.165, 1.54) is 34.8 Å². The predicted molar refractivity (Wildman–Crippen MR) is 138 cm³/mol. The Morgan fingerprint density at radius 2 is 1.83 bits per heavy atom. The monoisotopic (exact) mass is 578 g/mol. The van der Waals surface area contributed by atoms with Crippen LogP contribution in [0.2, 0.25) is 15.1 Å². The summed E-state index contributed by atoms with van der Waals surface area (Å²) in [5.41, 5.74) is 0. The van der Waals surface area contributed by atoms with Crippen LogP contribution in [0, 0.1) is 5.92 Å². The van der Waals surface area contributed by atoms with Crippen molar-refractivity contribution >= 4 is 73.1 Å². The van der Waals surface area contributed by atoms with Gasteiger partial charge < -0.3 is 10.2 Å². The third kappa shape index (κ3) is 6.11. The maximum Gasteiger partial charge on any atom is 0.248 e. The van der Waals surface area contributed by atoms with Gasteiger partial charge in [0.15, 0.2) is 5.13 Å². The Balaban J connectivity index is 1.53. The summed E-state index contributed by atoms with van der Waals surface area (Å²) < 4.78 is 27.5. The normalized spacial score (nSPS) is 19.1. The maximum atomic E-state index is 13.2. The van der Waals surface area contributed by atoms with Crippen LogP contribution in [-0.2, 0) is 19.6 Å². The minimum Gasteiger partial charge on any atom is -0.328 e. The Morgan fingerprint density at radius 1 is 1.11 bits per heavy atom. The first kappa shape index (κ1) is 26.6. The summed E-state index contributed by atoms with van der Waals surface area (Å²) in [6, 6.07) is 1.75. The average molecular weight is 580 g/mol. The van der Waals surface area contributed by atoms with E-state index in [9.17, 15) is 18.0 Å². The van der Waals surface area contributed by atoms with Crippen LogP contribution in [0.3, 0.4) is 0 Å². The van der Waals surface area contributed by atoms with Crippen LogP contribution in [-0.4, -0.2) is 60.1 Å². The molecule has 0 bridgehead atoms. The topological polar surface area (TPSA) is 99.7 Å². The SMILES string of the molecule is O=C(Nc1nccs1)[C@H](CC1CCCCC1)N1CCN(S(=O)(=O)c2cc(Cl)c(Cl)cc2Cl)CC1=O. The Labute approximate surface area is 223 Å². The number of benzene rings is 1. The second-order valence-corrected chi connectivity index (χ2v) is 12.7. The van der Waals surface area contributed by atoms with Crippen molar-refractivity contribution in [2.75, 3.05) is 25.0 Å². The summed E-state index contributed by atoms with van der Waals surface area (Å²) in [6.45, 7) is -0.291. The van der Waals surface area contributed by atoms with E-state index in [4.69, 9.17) is 34.8 Å². The fourth-order valence-corrected chi connectivity index (χ4v) is 7.52. The number of sulfonamides is 1. The van der Waals surface area contributed by atoms with Crippen LogP contribution in [0.15, 0.2) is 28.6 Å². The van der Waals surface area contributed by atoms with Gasteiger partial charge in [-0.25, -0.2) is 13.4 Å². The van der Waals surface area contributed by atoms with Gasteiger partial charge in [-0.3, -0.25) is 9.59 Å². The molecule has 1 N–H and O–H groups in total. The summed E-state index contributed by atoms with van der Waals surface area (Å²) in [5, 5.41) is 5.14. The fourth-order valence-electron chi connectivity index (χ4n) is 4.63. The number of nitrogens with one attached hydrogen (secondary N) is 1. The summed E-state index contributed by atoms with van der Waals surface area (Å²) >= 11 is 19.4. The van der Waals surface area contributed by atoms with E-state index in [0.717, 1.165) is 30.0 Å². The number of thiazole rings is 1. The maximum absolute atomic E-state index is 13.2. The van der Waals surface area contributed by atoms with Gasteiger partial charge in [0.1, 0.15) is 10.9 Å². The molecule has 1 aliphatic heterocycles.